The quantitative estimate of drug-likeness (QED) is 0.235. The van der Waals surface area contributed by atoms with Gasteiger partial charge in [-0.1, -0.05) is 6.92 Å². The maximum absolute atomic E-state index is 5.80. The Bertz CT molecular complexity index is 365. The minimum Gasteiger partial charge on any atom is -0.381 e. The molecule has 0 spiro atoms. The number of aliphatic imine (C=N–C) groups is 1. The number of nitrogens with one attached hydrogen (secondary N) is 2. The fourth-order valence-corrected chi connectivity index (χ4v) is 3.52. The van der Waals surface area contributed by atoms with Crippen molar-refractivity contribution in [1.29, 1.82) is 0 Å². The van der Waals surface area contributed by atoms with Crippen LogP contribution < -0.4 is 10.6 Å². The molecular formula is C18H37IN4O2. The van der Waals surface area contributed by atoms with E-state index in [9.17, 15) is 0 Å². The van der Waals surface area contributed by atoms with Crippen molar-refractivity contribution in [2.45, 2.75) is 45.1 Å². The molecule has 2 saturated heterocycles. The molecule has 7 heteroatoms. The third kappa shape index (κ3) is 8.88. The second-order valence-electron chi connectivity index (χ2n) is 6.79. The van der Waals surface area contributed by atoms with Gasteiger partial charge < -0.3 is 20.1 Å². The van der Waals surface area contributed by atoms with Gasteiger partial charge in [0.05, 0.1) is 0 Å². The molecule has 0 aromatic carbocycles. The summed E-state index contributed by atoms with van der Waals surface area (Å²) in [7, 11) is 1.84. The summed E-state index contributed by atoms with van der Waals surface area (Å²) in [4.78, 5) is 6.86. The van der Waals surface area contributed by atoms with E-state index >= 15 is 0 Å². The Morgan fingerprint density at radius 3 is 2.76 bits per heavy atom. The molecule has 0 aliphatic carbocycles. The van der Waals surface area contributed by atoms with Crippen LogP contribution in [0.25, 0.3) is 0 Å². The van der Waals surface area contributed by atoms with Crippen LogP contribution in [-0.2, 0) is 9.47 Å². The summed E-state index contributed by atoms with van der Waals surface area (Å²) in [6, 6.07) is 0.649. The normalized spacial score (nSPS) is 22.6. The molecule has 0 aromatic rings. The van der Waals surface area contributed by atoms with E-state index in [0.717, 1.165) is 71.3 Å². The summed E-state index contributed by atoms with van der Waals surface area (Å²) in [5, 5.41) is 6.85. The first-order valence-corrected chi connectivity index (χ1v) is 9.67. The van der Waals surface area contributed by atoms with Gasteiger partial charge in [-0.3, -0.25) is 9.89 Å². The standard InChI is InChI=1S/C18H36N4O2.HI/c1-3-22-10-4-6-17(22)14-21-18(19-2)20-9-5-11-24-15-16-7-12-23-13-8-16;/h16-17H,3-15H2,1-2H3,(H2,19,20,21);1H. The maximum atomic E-state index is 5.80. The average Bonchev–Trinajstić information content (AvgIpc) is 3.09. The minimum absolute atomic E-state index is 0. The Morgan fingerprint density at radius 2 is 2.04 bits per heavy atom. The number of hydrogen-bond donors (Lipinski definition) is 2. The number of nitrogens with zero attached hydrogens (tertiary/aromatic N) is 2. The zero-order valence-corrected chi connectivity index (χ0v) is 18.3. The molecule has 2 aliphatic heterocycles. The van der Waals surface area contributed by atoms with E-state index < -0.39 is 0 Å². The summed E-state index contributed by atoms with van der Waals surface area (Å²) in [5.41, 5.74) is 0. The molecule has 6 nitrogen and oxygen atoms in total. The topological polar surface area (TPSA) is 58.1 Å². The maximum Gasteiger partial charge on any atom is 0.191 e. The first-order valence-electron chi connectivity index (χ1n) is 9.67. The molecule has 2 heterocycles. The van der Waals surface area contributed by atoms with Gasteiger partial charge in [-0.2, -0.15) is 0 Å². The predicted octanol–water partition coefficient (Wildman–Crippen LogP) is 2.09. The summed E-state index contributed by atoms with van der Waals surface area (Å²) >= 11 is 0. The summed E-state index contributed by atoms with van der Waals surface area (Å²) < 4.78 is 11.2. The molecule has 25 heavy (non-hydrogen) atoms. The van der Waals surface area contributed by atoms with Gasteiger partial charge in [-0.05, 0) is 51.1 Å². The van der Waals surface area contributed by atoms with Crippen LogP contribution in [0.15, 0.2) is 4.99 Å². The molecule has 0 radical (unpaired) electrons. The summed E-state index contributed by atoms with van der Waals surface area (Å²) in [6.45, 7) is 9.98. The van der Waals surface area contributed by atoms with E-state index in [0.29, 0.717) is 12.0 Å². The molecule has 2 fully saturated rings. The number of likely N-dealkylation sites (N-methyl/N-ethyl adjacent to an activating group) is 1. The van der Waals surface area contributed by atoms with Crippen LogP contribution in [0.3, 0.4) is 0 Å². The average molecular weight is 468 g/mol. The number of guanidine groups is 1. The molecule has 1 atom stereocenters. The van der Waals surface area contributed by atoms with E-state index in [2.05, 4.69) is 27.4 Å². The molecule has 2 rings (SSSR count). The van der Waals surface area contributed by atoms with Crippen molar-refractivity contribution in [3.8, 4) is 0 Å². The number of halogens is 1. The lowest BCUT2D eigenvalue weighted by Gasteiger charge is -2.24. The largest absolute Gasteiger partial charge is 0.381 e. The monoisotopic (exact) mass is 468 g/mol. The fraction of sp³-hybridized carbons (Fsp3) is 0.944. The van der Waals surface area contributed by atoms with Gasteiger partial charge in [0.15, 0.2) is 5.96 Å². The van der Waals surface area contributed by atoms with Crippen LogP contribution in [0.5, 0.6) is 0 Å². The Balaban J connectivity index is 0.00000312. The fourth-order valence-electron chi connectivity index (χ4n) is 3.52. The highest BCUT2D eigenvalue weighted by atomic mass is 127. The highest BCUT2D eigenvalue weighted by molar-refractivity contribution is 14.0. The van der Waals surface area contributed by atoms with Gasteiger partial charge in [0, 0.05) is 52.6 Å². The lowest BCUT2D eigenvalue weighted by molar-refractivity contribution is 0.0203. The van der Waals surface area contributed by atoms with Crippen LogP contribution in [0.1, 0.15) is 39.0 Å². The zero-order chi connectivity index (χ0) is 17.0. The van der Waals surface area contributed by atoms with Gasteiger partial charge in [-0.25, -0.2) is 0 Å². The number of ether oxygens (including phenoxy) is 2. The second kappa shape index (κ2) is 14.0. The van der Waals surface area contributed by atoms with E-state index in [4.69, 9.17) is 9.47 Å². The zero-order valence-electron chi connectivity index (χ0n) is 16.0. The molecule has 0 saturated carbocycles. The van der Waals surface area contributed by atoms with Crippen molar-refractivity contribution in [1.82, 2.24) is 15.5 Å². The third-order valence-electron chi connectivity index (χ3n) is 5.09. The molecule has 148 valence electrons. The molecule has 2 aliphatic rings. The van der Waals surface area contributed by atoms with Crippen molar-refractivity contribution in [2.24, 2.45) is 10.9 Å². The highest BCUT2D eigenvalue weighted by Crippen LogP contribution is 2.15. The van der Waals surface area contributed by atoms with E-state index in [1.54, 1.807) is 0 Å². The van der Waals surface area contributed by atoms with Crippen molar-refractivity contribution in [3.05, 3.63) is 0 Å². The third-order valence-corrected chi connectivity index (χ3v) is 5.09. The van der Waals surface area contributed by atoms with Crippen molar-refractivity contribution in [3.63, 3.8) is 0 Å². The van der Waals surface area contributed by atoms with Crippen LogP contribution in [0, 0.1) is 5.92 Å². The Morgan fingerprint density at radius 1 is 1.24 bits per heavy atom. The van der Waals surface area contributed by atoms with E-state index in [1.165, 1.54) is 19.4 Å². The number of rotatable bonds is 9. The van der Waals surface area contributed by atoms with Gasteiger partial charge in [0.1, 0.15) is 0 Å². The molecule has 1 unspecified atom stereocenters. The van der Waals surface area contributed by atoms with Crippen LogP contribution >= 0.6 is 24.0 Å². The van der Waals surface area contributed by atoms with Gasteiger partial charge in [-0.15, -0.1) is 24.0 Å². The molecule has 0 bridgehead atoms. The first kappa shape index (κ1) is 22.9. The molecular weight excluding hydrogens is 431 g/mol. The SMILES string of the molecule is CCN1CCCC1CNC(=NC)NCCCOCC1CCOCC1.I. The van der Waals surface area contributed by atoms with Gasteiger partial charge >= 0.3 is 0 Å². The summed E-state index contributed by atoms with van der Waals surface area (Å²) in [5.74, 6) is 1.59. The van der Waals surface area contributed by atoms with Crippen molar-refractivity contribution in [2.75, 3.05) is 59.7 Å². The minimum atomic E-state index is 0. The number of likely N-dealkylation sites (tertiary alicyclic amines) is 1. The molecule has 0 aromatic heterocycles. The highest BCUT2D eigenvalue weighted by Gasteiger charge is 2.22. The van der Waals surface area contributed by atoms with Crippen molar-refractivity contribution >= 4 is 29.9 Å². The van der Waals surface area contributed by atoms with Crippen LogP contribution in [0.4, 0.5) is 0 Å². The second-order valence-corrected chi connectivity index (χ2v) is 6.79. The van der Waals surface area contributed by atoms with Crippen molar-refractivity contribution < 1.29 is 9.47 Å². The number of hydrogen-bond acceptors (Lipinski definition) is 4. The van der Waals surface area contributed by atoms with Crippen LogP contribution in [-0.4, -0.2) is 76.6 Å². The van der Waals surface area contributed by atoms with Crippen LogP contribution in [0.2, 0.25) is 0 Å². The van der Waals surface area contributed by atoms with E-state index in [1.807, 2.05) is 7.05 Å². The molecule has 2 N–H and O–H groups in total. The lowest BCUT2D eigenvalue weighted by Crippen LogP contribution is -2.45. The van der Waals surface area contributed by atoms with E-state index in [-0.39, 0.29) is 24.0 Å². The Labute approximate surface area is 170 Å². The first-order chi connectivity index (χ1) is 11.8. The summed E-state index contributed by atoms with van der Waals surface area (Å²) in [6.07, 6.45) is 5.90. The Hall–Kier alpha value is -0.120. The predicted molar refractivity (Wildman–Crippen MR) is 114 cm³/mol. The smallest absolute Gasteiger partial charge is 0.191 e. The lowest BCUT2D eigenvalue weighted by atomic mass is 10.0. The van der Waals surface area contributed by atoms with Gasteiger partial charge in [0.2, 0.25) is 0 Å². The van der Waals surface area contributed by atoms with Gasteiger partial charge in [0.25, 0.3) is 0 Å². The Kier molecular flexibility index (Phi) is 12.8. The molecule has 0 amide bonds.